The van der Waals surface area contributed by atoms with E-state index in [-0.39, 0.29) is 12.5 Å². The molecule has 0 aromatic carbocycles. The van der Waals surface area contributed by atoms with Crippen molar-refractivity contribution in [3.63, 3.8) is 0 Å². The number of aliphatic hydroxyl groups excluding tert-OH is 1. The molecule has 0 spiro atoms. The highest BCUT2D eigenvalue weighted by Gasteiger charge is 2.12. The van der Waals surface area contributed by atoms with Gasteiger partial charge < -0.3 is 10.0 Å². The van der Waals surface area contributed by atoms with Crippen LogP contribution in [0.4, 0.5) is 0 Å². The lowest BCUT2D eigenvalue weighted by Gasteiger charge is -2.23. The molecule has 86 valence electrons. The van der Waals surface area contributed by atoms with Crippen molar-refractivity contribution in [2.75, 3.05) is 39.8 Å². The Bertz CT molecular complexity index is 225. The Morgan fingerprint density at radius 3 is 2.60 bits per heavy atom. The minimum atomic E-state index is 0.00343. The van der Waals surface area contributed by atoms with E-state index in [0.717, 1.165) is 0 Å². The Hall–Kier alpha value is -1.12. The fraction of sp³-hybridized carbons (Fsp3) is 0.800. The second-order valence-electron chi connectivity index (χ2n) is 3.34. The van der Waals surface area contributed by atoms with Crippen molar-refractivity contribution in [1.29, 1.82) is 5.26 Å². The molecular weight excluding hydrogens is 194 g/mol. The lowest BCUT2D eigenvalue weighted by atomic mass is 10.3. The van der Waals surface area contributed by atoms with E-state index >= 15 is 0 Å². The number of hydrogen-bond acceptors (Lipinski definition) is 4. The number of carbonyl (C=O) groups is 1. The van der Waals surface area contributed by atoms with Crippen molar-refractivity contribution >= 4 is 5.91 Å². The van der Waals surface area contributed by atoms with Gasteiger partial charge in [-0.1, -0.05) is 0 Å². The summed E-state index contributed by atoms with van der Waals surface area (Å²) in [5.41, 5.74) is 0. The first kappa shape index (κ1) is 13.9. The van der Waals surface area contributed by atoms with Gasteiger partial charge in [-0.05, 0) is 14.0 Å². The zero-order valence-corrected chi connectivity index (χ0v) is 9.44. The standard InChI is InChI=1S/C10H19N3O2/c1-3-13(6-4-5-11)10(15)9-12(2)7-8-14/h14H,3-4,6-9H2,1-2H3. The minimum absolute atomic E-state index is 0.00343. The van der Waals surface area contributed by atoms with E-state index in [0.29, 0.717) is 32.6 Å². The number of rotatable bonds is 7. The Morgan fingerprint density at radius 1 is 1.47 bits per heavy atom. The van der Waals surface area contributed by atoms with E-state index in [9.17, 15) is 4.79 Å². The maximum atomic E-state index is 11.7. The van der Waals surface area contributed by atoms with Gasteiger partial charge in [0.05, 0.1) is 25.6 Å². The molecule has 0 rings (SSSR count). The van der Waals surface area contributed by atoms with Crippen molar-refractivity contribution in [3.05, 3.63) is 0 Å². The van der Waals surface area contributed by atoms with Gasteiger partial charge in [-0.15, -0.1) is 0 Å². The highest BCUT2D eigenvalue weighted by atomic mass is 16.3. The Balaban J connectivity index is 3.98. The van der Waals surface area contributed by atoms with Gasteiger partial charge in [0.15, 0.2) is 0 Å². The third-order valence-electron chi connectivity index (χ3n) is 2.11. The van der Waals surface area contributed by atoms with E-state index < -0.39 is 0 Å². The number of likely N-dealkylation sites (N-methyl/N-ethyl adjacent to an activating group) is 2. The fourth-order valence-corrected chi connectivity index (χ4v) is 1.22. The molecular formula is C10H19N3O2. The second kappa shape index (κ2) is 8.21. The van der Waals surface area contributed by atoms with E-state index in [1.165, 1.54) is 0 Å². The fourth-order valence-electron chi connectivity index (χ4n) is 1.22. The Morgan fingerprint density at radius 2 is 2.13 bits per heavy atom. The lowest BCUT2D eigenvalue weighted by molar-refractivity contribution is -0.131. The molecule has 0 aromatic rings. The van der Waals surface area contributed by atoms with E-state index in [1.807, 2.05) is 13.0 Å². The summed E-state index contributed by atoms with van der Waals surface area (Å²) >= 11 is 0. The molecule has 0 saturated carbocycles. The molecule has 5 nitrogen and oxygen atoms in total. The SMILES string of the molecule is CCN(CCC#N)C(=O)CN(C)CCO. The Kier molecular flexibility index (Phi) is 7.60. The lowest BCUT2D eigenvalue weighted by Crippen LogP contribution is -2.40. The van der Waals surface area contributed by atoms with Crippen LogP contribution in [0, 0.1) is 11.3 Å². The number of nitriles is 1. The number of carbonyl (C=O) groups excluding carboxylic acids is 1. The number of amides is 1. The molecule has 5 heteroatoms. The molecule has 0 aromatic heterocycles. The van der Waals surface area contributed by atoms with Gasteiger partial charge in [0.25, 0.3) is 0 Å². The predicted octanol–water partition coefficient (Wildman–Crippen LogP) is -0.327. The second-order valence-corrected chi connectivity index (χ2v) is 3.34. The van der Waals surface area contributed by atoms with E-state index in [4.69, 9.17) is 10.4 Å². The minimum Gasteiger partial charge on any atom is -0.395 e. The third-order valence-corrected chi connectivity index (χ3v) is 2.11. The molecule has 0 atom stereocenters. The summed E-state index contributed by atoms with van der Waals surface area (Å²) in [5.74, 6) is 0.00343. The normalized spacial score (nSPS) is 10.1. The number of hydrogen-bond donors (Lipinski definition) is 1. The quantitative estimate of drug-likeness (QED) is 0.629. The van der Waals surface area contributed by atoms with Crippen LogP contribution in [0.5, 0.6) is 0 Å². The summed E-state index contributed by atoms with van der Waals surface area (Å²) < 4.78 is 0. The molecule has 0 aliphatic rings. The third kappa shape index (κ3) is 6.05. The van der Waals surface area contributed by atoms with Gasteiger partial charge >= 0.3 is 0 Å². The summed E-state index contributed by atoms with van der Waals surface area (Å²) in [7, 11) is 1.78. The molecule has 1 amide bonds. The van der Waals surface area contributed by atoms with Crippen molar-refractivity contribution < 1.29 is 9.90 Å². The largest absolute Gasteiger partial charge is 0.395 e. The van der Waals surface area contributed by atoms with Crippen LogP contribution < -0.4 is 0 Å². The summed E-state index contributed by atoms with van der Waals surface area (Å²) in [4.78, 5) is 15.1. The van der Waals surface area contributed by atoms with Crippen LogP contribution in [0.1, 0.15) is 13.3 Å². The number of aliphatic hydroxyl groups is 1. The zero-order valence-electron chi connectivity index (χ0n) is 9.44. The van der Waals surface area contributed by atoms with Crippen LogP contribution in [0.25, 0.3) is 0 Å². The highest BCUT2D eigenvalue weighted by Crippen LogP contribution is 1.94. The summed E-state index contributed by atoms with van der Waals surface area (Å²) in [6.45, 7) is 3.82. The van der Waals surface area contributed by atoms with E-state index in [1.54, 1.807) is 16.8 Å². The summed E-state index contributed by atoms with van der Waals surface area (Å²) in [6.07, 6.45) is 0.364. The topological polar surface area (TPSA) is 67.6 Å². The monoisotopic (exact) mass is 213 g/mol. The first-order valence-electron chi connectivity index (χ1n) is 5.09. The van der Waals surface area contributed by atoms with Crippen LogP contribution in [0.3, 0.4) is 0 Å². The smallest absolute Gasteiger partial charge is 0.236 e. The zero-order chi connectivity index (χ0) is 11.7. The van der Waals surface area contributed by atoms with Gasteiger partial charge in [0.1, 0.15) is 0 Å². The van der Waals surface area contributed by atoms with Crippen LogP contribution in [0.15, 0.2) is 0 Å². The van der Waals surface area contributed by atoms with Crippen molar-refractivity contribution in [2.45, 2.75) is 13.3 Å². The maximum absolute atomic E-state index is 11.7. The van der Waals surface area contributed by atoms with Gasteiger partial charge in [-0.3, -0.25) is 9.69 Å². The molecule has 0 fully saturated rings. The van der Waals surface area contributed by atoms with E-state index in [2.05, 4.69) is 0 Å². The molecule has 0 bridgehead atoms. The molecule has 0 unspecified atom stereocenters. The molecule has 0 radical (unpaired) electrons. The average molecular weight is 213 g/mol. The van der Waals surface area contributed by atoms with Gasteiger partial charge in [0, 0.05) is 19.6 Å². The van der Waals surface area contributed by atoms with Crippen LogP contribution in [-0.4, -0.2) is 60.6 Å². The van der Waals surface area contributed by atoms with Gasteiger partial charge in [-0.2, -0.15) is 5.26 Å². The first-order valence-corrected chi connectivity index (χ1v) is 5.09. The predicted molar refractivity (Wildman–Crippen MR) is 57.1 cm³/mol. The van der Waals surface area contributed by atoms with Gasteiger partial charge in [-0.25, -0.2) is 0 Å². The van der Waals surface area contributed by atoms with Crippen LogP contribution in [-0.2, 0) is 4.79 Å². The Labute approximate surface area is 90.9 Å². The summed E-state index contributed by atoms with van der Waals surface area (Å²) in [6, 6.07) is 2.02. The average Bonchev–Trinajstić information content (AvgIpc) is 2.19. The highest BCUT2D eigenvalue weighted by molar-refractivity contribution is 5.78. The molecule has 15 heavy (non-hydrogen) atoms. The van der Waals surface area contributed by atoms with Gasteiger partial charge in [0.2, 0.25) is 5.91 Å². The van der Waals surface area contributed by atoms with Crippen LogP contribution >= 0.6 is 0 Å². The molecule has 0 heterocycles. The van der Waals surface area contributed by atoms with Crippen molar-refractivity contribution in [3.8, 4) is 6.07 Å². The van der Waals surface area contributed by atoms with Crippen molar-refractivity contribution in [2.24, 2.45) is 0 Å². The maximum Gasteiger partial charge on any atom is 0.236 e. The summed E-state index contributed by atoms with van der Waals surface area (Å²) in [5, 5.41) is 17.1. The van der Waals surface area contributed by atoms with Crippen LogP contribution in [0.2, 0.25) is 0 Å². The van der Waals surface area contributed by atoms with Crippen molar-refractivity contribution in [1.82, 2.24) is 9.80 Å². The molecule has 1 N–H and O–H groups in total. The molecule has 0 aliphatic heterocycles. The first-order chi connectivity index (χ1) is 7.15. The number of nitrogens with zero attached hydrogens (tertiary/aromatic N) is 3. The molecule has 0 aliphatic carbocycles. The molecule has 0 saturated heterocycles.